The highest BCUT2D eigenvalue weighted by Gasteiger charge is 2.15. The molecular formula is C18H17N5O2. The Morgan fingerprint density at radius 3 is 2.60 bits per heavy atom. The highest BCUT2D eigenvalue weighted by atomic mass is 16.3. The minimum Gasteiger partial charge on any atom is -0.464 e. The first-order valence-corrected chi connectivity index (χ1v) is 7.71. The molecule has 3 rings (SSSR count). The van der Waals surface area contributed by atoms with Crippen molar-refractivity contribution in [1.29, 1.82) is 5.26 Å². The van der Waals surface area contributed by atoms with E-state index >= 15 is 0 Å². The lowest BCUT2D eigenvalue weighted by atomic mass is 10.1. The van der Waals surface area contributed by atoms with Gasteiger partial charge in [0.1, 0.15) is 29.0 Å². The van der Waals surface area contributed by atoms with Crippen LogP contribution >= 0.6 is 0 Å². The Hall–Kier alpha value is -3.53. The zero-order chi connectivity index (χ0) is 18.0. The third-order valence-corrected chi connectivity index (χ3v) is 3.84. The van der Waals surface area contributed by atoms with Crippen molar-refractivity contribution in [1.82, 2.24) is 15.1 Å². The van der Waals surface area contributed by atoms with E-state index in [9.17, 15) is 4.79 Å². The van der Waals surface area contributed by atoms with Gasteiger partial charge in [0.2, 0.25) is 0 Å². The molecule has 126 valence electrons. The second-order valence-electron chi connectivity index (χ2n) is 5.66. The predicted molar refractivity (Wildman–Crippen MR) is 92.0 cm³/mol. The van der Waals surface area contributed by atoms with Gasteiger partial charge >= 0.3 is 0 Å². The second-order valence-corrected chi connectivity index (χ2v) is 5.66. The van der Waals surface area contributed by atoms with Crippen molar-refractivity contribution in [3.8, 4) is 11.8 Å². The van der Waals surface area contributed by atoms with E-state index in [0.717, 1.165) is 5.76 Å². The number of aryl methyl sites for hydroxylation is 1. The quantitative estimate of drug-likeness (QED) is 0.761. The van der Waals surface area contributed by atoms with Crippen LogP contribution in [0.2, 0.25) is 0 Å². The lowest BCUT2D eigenvalue weighted by Gasteiger charge is -2.12. The Morgan fingerprint density at radius 1 is 1.32 bits per heavy atom. The number of nitrogens with one attached hydrogen (secondary N) is 1. The van der Waals surface area contributed by atoms with E-state index < -0.39 is 0 Å². The molecule has 1 aromatic carbocycles. The van der Waals surface area contributed by atoms with Crippen LogP contribution < -0.4 is 11.1 Å². The minimum atomic E-state index is -0.235. The van der Waals surface area contributed by atoms with Crippen LogP contribution in [0.25, 0.3) is 5.69 Å². The number of nitrogen functional groups attached to an aromatic ring is 1. The van der Waals surface area contributed by atoms with Gasteiger partial charge in [-0.2, -0.15) is 10.4 Å². The average Bonchev–Trinajstić information content (AvgIpc) is 3.20. The van der Waals surface area contributed by atoms with Gasteiger partial charge < -0.3 is 15.5 Å². The Kier molecular flexibility index (Phi) is 4.27. The van der Waals surface area contributed by atoms with Gasteiger partial charge in [-0.1, -0.05) is 0 Å². The number of carbonyl (C=O) groups excluding carboxylic acids is 1. The van der Waals surface area contributed by atoms with Crippen molar-refractivity contribution < 1.29 is 9.21 Å². The summed E-state index contributed by atoms with van der Waals surface area (Å²) in [7, 11) is 0. The standard InChI is InChI=1S/C18H17N5O2/c1-11-3-8-16(25-11)12(2)22-18(24)13-4-6-15(7-5-13)23-17(20)14(9-19)10-21-23/h3-8,10,12H,20H2,1-2H3,(H,22,24)/t12-/m1/s1. The number of nitrogens with two attached hydrogens (primary N) is 1. The molecule has 0 aliphatic carbocycles. The summed E-state index contributed by atoms with van der Waals surface area (Å²) in [6.45, 7) is 3.72. The monoisotopic (exact) mass is 335 g/mol. The molecule has 1 atom stereocenters. The van der Waals surface area contributed by atoms with E-state index in [0.29, 0.717) is 22.6 Å². The predicted octanol–water partition coefficient (Wildman–Crippen LogP) is 2.72. The average molecular weight is 335 g/mol. The van der Waals surface area contributed by atoms with Crippen molar-refractivity contribution in [3.63, 3.8) is 0 Å². The van der Waals surface area contributed by atoms with Crippen molar-refractivity contribution in [3.05, 3.63) is 65.2 Å². The fraction of sp³-hybridized carbons (Fsp3) is 0.167. The Morgan fingerprint density at radius 2 is 2.04 bits per heavy atom. The van der Waals surface area contributed by atoms with Crippen LogP contribution in [-0.4, -0.2) is 15.7 Å². The summed E-state index contributed by atoms with van der Waals surface area (Å²) >= 11 is 0. The fourth-order valence-corrected chi connectivity index (χ4v) is 2.44. The Bertz CT molecular complexity index is 947. The molecule has 7 heteroatoms. The molecule has 1 amide bonds. The zero-order valence-electron chi connectivity index (χ0n) is 13.9. The number of nitriles is 1. The molecule has 2 heterocycles. The number of carbonyl (C=O) groups is 1. The third-order valence-electron chi connectivity index (χ3n) is 3.84. The second kappa shape index (κ2) is 6.53. The summed E-state index contributed by atoms with van der Waals surface area (Å²) in [6.07, 6.45) is 1.41. The lowest BCUT2D eigenvalue weighted by molar-refractivity contribution is 0.0935. The van der Waals surface area contributed by atoms with E-state index in [2.05, 4.69) is 10.4 Å². The SMILES string of the molecule is Cc1ccc([C@@H](C)NC(=O)c2ccc(-n3ncc(C#N)c3N)cc2)o1. The van der Waals surface area contributed by atoms with Gasteiger partial charge in [0.15, 0.2) is 0 Å². The number of furan rings is 1. The summed E-state index contributed by atoms with van der Waals surface area (Å²) in [5.74, 6) is 1.56. The van der Waals surface area contributed by atoms with Gasteiger partial charge in [0.25, 0.3) is 5.91 Å². The Labute approximate surface area is 144 Å². The normalized spacial score (nSPS) is 11.7. The smallest absolute Gasteiger partial charge is 0.251 e. The van der Waals surface area contributed by atoms with Gasteiger partial charge in [-0.05, 0) is 50.2 Å². The minimum absolute atomic E-state index is 0.209. The molecule has 3 aromatic rings. The third kappa shape index (κ3) is 3.23. The molecule has 0 saturated heterocycles. The number of hydrogen-bond donors (Lipinski definition) is 2. The number of nitrogens with zero attached hydrogens (tertiary/aromatic N) is 3. The van der Waals surface area contributed by atoms with Gasteiger partial charge in [0.05, 0.1) is 17.9 Å². The van der Waals surface area contributed by atoms with Crippen LogP contribution in [0.3, 0.4) is 0 Å². The molecular weight excluding hydrogens is 318 g/mol. The number of anilines is 1. The maximum atomic E-state index is 12.4. The number of rotatable bonds is 4. The van der Waals surface area contributed by atoms with Crippen LogP contribution in [-0.2, 0) is 0 Å². The topological polar surface area (TPSA) is 110 Å². The molecule has 0 saturated carbocycles. The molecule has 0 unspecified atom stereocenters. The van der Waals surface area contributed by atoms with Crippen molar-refractivity contribution in [2.24, 2.45) is 0 Å². The first kappa shape index (κ1) is 16.3. The molecule has 0 bridgehead atoms. The number of amides is 1. The molecule has 0 aliphatic rings. The number of benzene rings is 1. The van der Waals surface area contributed by atoms with Crippen molar-refractivity contribution >= 4 is 11.7 Å². The summed E-state index contributed by atoms with van der Waals surface area (Å²) in [5.41, 5.74) is 7.35. The van der Waals surface area contributed by atoms with Crippen LogP contribution in [0.5, 0.6) is 0 Å². The van der Waals surface area contributed by atoms with Gasteiger partial charge in [-0.3, -0.25) is 4.79 Å². The molecule has 2 aromatic heterocycles. The molecule has 0 fully saturated rings. The van der Waals surface area contributed by atoms with Gasteiger partial charge in [-0.25, -0.2) is 4.68 Å². The first-order chi connectivity index (χ1) is 12.0. The van der Waals surface area contributed by atoms with E-state index in [-0.39, 0.29) is 17.8 Å². The highest BCUT2D eigenvalue weighted by Crippen LogP contribution is 2.18. The molecule has 3 N–H and O–H groups in total. The molecule has 25 heavy (non-hydrogen) atoms. The maximum Gasteiger partial charge on any atom is 0.251 e. The zero-order valence-corrected chi connectivity index (χ0v) is 13.9. The fourth-order valence-electron chi connectivity index (χ4n) is 2.44. The molecule has 0 radical (unpaired) electrons. The summed E-state index contributed by atoms with van der Waals surface area (Å²) in [6, 6.07) is 12.2. The summed E-state index contributed by atoms with van der Waals surface area (Å²) < 4.78 is 6.97. The highest BCUT2D eigenvalue weighted by molar-refractivity contribution is 5.94. The van der Waals surface area contributed by atoms with E-state index in [1.165, 1.54) is 10.9 Å². The molecule has 0 aliphatic heterocycles. The number of hydrogen-bond acceptors (Lipinski definition) is 5. The van der Waals surface area contributed by atoms with Gasteiger partial charge in [-0.15, -0.1) is 0 Å². The summed E-state index contributed by atoms with van der Waals surface area (Å²) in [4.78, 5) is 12.4. The van der Waals surface area contributed by atoms with E-state index in [1.807, 2.05) is 32.0 Å². The molecule has 0 spiro atoms. The van der Waals surface area contributed by atoms with E-state index in [4.69, 9.17) is 15.4 Å². The van der Waals surface area contributed by atoms with Crippen molar-refractivity contribution in [2.75, 3.05) is 5.73 Å². The molecule has 7 nitrogen and oxygen atoms in total. The van der Waals surface area contributed by atoms with Crippen molar-refractivity contribution in [2.45, 2.75) is 19.9 Å². The maximum absolute atomic E-state index is 12.4. The van der Waals surface area contributed by atoms with Crippen LogP contribution in [0, 0.1) is 18.3 Å². The van der Waals surface area contributed by atoms with E-state index in [1.54, 1.807) is 24.3 Å². The van der Waals surface area contributed by atoms with Gasteiger partial charge in [0, 0.05) is 5.56 Å². The first-order valence-electron chi connectivity index (χ1n) is 7.71. The van der Waals surface area contributed by atoms with Crippen LogP contribution in [0.15, 0.2) is 47.0 Å². The van der Waals surface area contributed by atoms with Crippen LogP contribution in [0.1, 0.15) is 40.4 Å². The summed E-state index contributed by atoms with van der Waals surface area (Å²) in [5, 5.41) is 15.9. The van der Waals surface area contributed by atoms with Crippen LogP contribution in [0.4, 0.5) is 5.82 Å². The largest absolute Gasteiger partial charge is 0.464 e. The number of aromatic nitrogens is 2. The lowest BCUT2D eigenvalue weighted by Crippen LogP contribution is -2.26. The Balaban J connectivity index is 1.74.